The van der Waals surface area contributed by atoms with E-state index < -0.39 is 12.7 Å². The van der Waals surface area contributed by atoms with Crippen LogP contribution in [0.4, 0.5) is 54.8 Å². The van der Waals surface area contributed by atoms with Crippen LogP contribution < -0.4 is 24.4 Å². The van der Waals surface area contributed by atoms with Crippen molar-refractivity contribution in [1.82, 2.24) is 4.98 Å². The first-order valence-electron chi connectivity index (χ1n) is 13.4. The van der Waals surface area contributed by atoms with Gasteiger partial charge in [0.1, 0.15) is 17.2 Å². The van der Waals surface area contributed by atoms with Crippen molar-refractivity contribution in [3.05, 3.63) is 109 Å². The first-order chi connectivity index (χ1) is 21.4. The van der Waals surface area contributed by atoms with Crippen molar-refractivity contribution in [1.29, 1.82) is 0 Å². The van der Waals surface area contributed by atoms with Crippen molar-refractivity contribution >= 4 is 50.2 Å². The van der Waals surface area contributed by atoms with E-state index >= 15 is 0 Å². The highest BCUT2D eigenvalue weighted by atomic mass is 19.4. The molecule has 0 atom stereocenters. The molecule has 1 aromatic heterocycles. The number of benzene rings is 5. The molecule has 0 amide bonds. The molecule has 230 valence electrons. The maximum absolute atomic E-state index is 12.8. The number of aromatic amines is 1. The number of methoxy groups -OCH3 is 1. The highest BCUT2D eigenvalue weighted by Crippen LogP contribution is 2.40. The summed E-state index contributed by atoms with van der Waals surface area (Å²) in [6.07, 6.45) is -9.58. The minimum Gasteiger partial charge on any atom is -0.497 e. The van der Waals surface area contributed by atoms with Gasteiger partial charge in [0.25, 0.3) is 0 Å². The molecule has 0 aliphatic heterocycles. The quantitative estimate of drug-likeness (QED) is 0.165. The Balaban J connectivity index is 1.36. The molecule has 6 rings (SSSR count). The average Bonchev–Trinajstić information content (AvgIpc) is 3.35. The lowest BCUT2D eigenvalue weighted by Gasteiger charge is -2.26. The Kier molecular flexibility index (Phi) is 7.57. The Hall–Kier alpha value is -5.52. The summed E-state index contributed by atoms with van der Waals surface area (Å²) in [7, 11) is 1.55. The van der Waals surface area contributed by atoms with Crippen LogP contribution in [0.1, 0.15) is 0 Å². The molecule has 0 radical (unpaired) electrons. The predicted molar refractivity (Wildman–Crippen MR) is 160 cm³/mol. The van der Waals surface area contributed by atoms with Crippen LogP contribution in [0, 0.1) is 0 Å². The largest absolute Gasteiger partial charge is 0.573 e. The van der Waals surface area contributed by atoms with E-state index in [-0.39, 0.29) is 11.5 Å². The summed E-state index contributed by atoms with van der Waals surface area (Å²) in [6, 6.07) is 29.7. The number of nitrogens with one attached hydrogen (secondary N) is 2. The molecule has 0 spiro atoms. The van der Waals surface area contributed by atoms with Crippen molar-refractivity contribution in [3.8, 4) is 17.2 Å². The van der Waals surface area contributed by atoms with E-state index in [1.54, 1.807) is 19.2 Å². The zero-order valence-electron chi connectivity index (χ0n) is 23.3. The summed E-state index contributed by atoms with van der Waals surface area (Å²) >= 11 is 0. The first kappa shape index (κ1) is 29.5. The molecule has 2 N–H and O–H groups in total. The van der Waals surface area contributed by atoms with Crippen LogP contribution in [-0.2, 0) is 0 Å². The number of halogens is 6. The van der Waals surface area contributed by atoms with Crippen molar-refractivity contribution in [3.63, 3.8) is 0 Å². The lowest BCUT2D eigenvalue weighted by Crippen LogP contribution is -2.17. The highest BCUT2D eigenvalue weighted by Gasteiger charge is 2.31. The van der Waals surface area contributed by atoms with Crippen molar-refractivity contribution in [2.24, 2.45) is 0 Å². The summed E-state index contributed by atoms with van der Waals surface area (Å²) in [5.41, 5.74) is 5.03. The van der Waals surface area contributed by atoms with Gasteiger partial charge in [-0.05, 0) is 109 Å². The van der Waals surface area contributed by atoms with Gasteiger partial charge in [-0.2, -0.15) is 0 Å². The van der Waals surface area contributed by atoms with Gasteiger partial charge in [0.05, 0.1) is 7.11 Å². The fourth-order valence-electron chi connectivity index (χ4n) is 4.98. The van der Waals surface area contributed by atoms with Gasteiger partial charge >= 0.3 is 12.7 Å². The van der Waals surface area contributed by atoms with E-state index in [4.69, 9.17) is 4.74 Å². The summed E-state index contributed by atoms with van der Waals surface area (Å²) in [6.45, 7) is 0. The van der Waals surface area contributed by atoms with E-state index in [2.05, 4.69) is 19.8 Å². The third kappa shape index (κ3) is 6.85. The number of aromatic nitrogens is 1. The molecule has 45 heavy (non-hydrogen) atoms. The van der Waals surface area contributed by atoms with Gasteiger partial charge < -0.3 is 29.4 Å². The van der Waals surface area contributed by atoms with E-state index in [0.717, 1.165) is 33.2 Å². The van der Waals surface area contributed by atoms with Gasteiger partial charge in [0, 0.05) is 50.2 Å². The van der Waals surface area contributed by atoms with Crippen LogP contribution in [0.5, 0.6) is 17.2 Å². The molecule has 0 bridgehead atoms. The van der Waals surface area contributed by atoms with Crippen molar-refractivity contribution in [2.45, 2.75) is 12.7 Å². The van der Waals surface area contributed by atoms with Crippen LogP contribution in [0.15, 0.2) is 109 Å². The van der Waals surface area contributed by atoms with Crippen molar-refractivity contribution < 1.29 is 40.6 Å². The molecule has 0 fully saturated rings. The fraction of sp³-hybridized carbons (Fsp3) is 0.0909. The Bertz CT molecular complexity index is 1940. The Morgan fingerprint density at radius 3 is 1.51 bits per heavy atom. The van der Waals surface area contributed by atoms with E-state index in [9.17, 15) is 26.3 Å². The van der Waals surface area contributed by atoms with Gasteiger partial charge in [-0.15, -0.1) is 26.3 Å². The molecule has 6 aromatic rings. The number of alkyl halides is 6. The third-order valence-electron chi connectivity index (χ3n) is 6.88. The number of hydrogen-bond donors (Lipinski definition) is 2. The van der Waals surface area contributed by atoms with Gasteiger partial charge in [0.2, 0.25) is 0 Å². The van der Waals surface area contributed by atoms with E-state index in [1.807, 2.05) is 53.4 Å². The third-order valence-corrected chi connectivity index (χ3v) is 6.88. The Morgan fingerprint density at radius 1 is 0.533 bits per heavy atom. The van der Waals surface area contributed by atoms with Crippen LogP contribution >= 0.6 is 0 Å². The summed E-state index contributed by atoms with van der Waals surface area (Å²) < 4.78 is 89.2. The highest BCUT2D eigenvalue weighted by molar-refractivity contribution is 6.09. The number of fused-ring (bicyclic) bond motifs is 3. The smallest absolute Gasteiger partial charge is 0.497 e. The molecule has 0 unspecified atom stereocenters. The number of anilines is 5. The second-order valence-corrected chi connectivity index (χ2v) is 9.89. The molecule has 0 saturated carbocycles. The number of ether oxygens (including phenoxy) is 3. The normalized spacial score (nSPS) is 11.9. The molecular formula is C33H23F6N3O3. The van der Waals surface area contributed by atoms with Gasteiger partial charge in [-0.25, -0.2) is 0 Å². The van der Waals surface area contributed by atoms with Crippen LogP contribution in [-0.4, -0.2) is 24.8 Å². The zero-order valence-corrected chi connectivity index (χ0v) is 23.3. The maximum Gasteiger partial charge on any atom is 0.573 e. The number of nitrogens with zero attached hydrogens (tertiary/aromatic N) is 1. The topological polar surface area (TPSA) is 58.8 Å². The molecule has 0 saturated heterocycles. The molecule has 12 heteroatoms. The van der Waals surface area contributed by atoms with Crippen LogP contribution in [0.2, 0.25) is 0 Å². The Labute approximate surface area is 252 Å². The molecule has 0 aliphatic carbocycles. The predicted octanol–water partition coefficient (Wildman–Crippen LogP) is 10.3. The monoisotopic (exact) mass is 623 g/mol. The molecular weight excluding hydrogens is 600 g/mol. The SMILES string of the molecule is COc1ccc(N(c2ccc(OC(F)(F)F)cc2)c2ccc3[nH]c4ccc(Nc5ccc(OC(F)(F)F)cc5)cc4c3c2)cc1. The summed E-state index contributed by atoms with van der Waals surface area (Å²) in [5.74, 6) is -0.0191. The van der Waals surface area contributed by atoms with E-state index in [1.165, 1.54) is 48.5 Å². The fourth-order valence-corrected chi connectivity index (χ4v) is 4.98. The van der Waals surface area contributed by atoms with E-state index in [0.29, 0.717) is 22.8 Å². The number of H-pyrrole nitrogens is 1. The van der Waals surface area contributed by atoms with Gasteiger partial charge in [-0.3, -0.25) is 0 Å². The maximum atomic E-state index is 12.8. The van der Waals surface area contributed by atoms with Gasteiger partial charge in [-0.1, -0.05) is 0 Å². The summed E-state index contributed by atoms with van der Waals surface area (Å²) in [4.78, 5) is 5.27. The van der Waals surface area contributed by atoms with Crippen LogP contribution in [0.25, 0.3) is 21.8 Å². The Morgan fingerprint density at radius 2 is 0.978 bits per heavy atom. The van der Waals surface area contributed by atoms with Crippen LogP contribution in [0.3, 0.4) is 0 Å². The number of hydrogen-bond acceptors (Lipinski definition) is 5. The second-order valence-electron chi connectivity index (χ2n) is 9.89. The lowest BCUT2D eigenvalue weighted by molar-refractivity contribution is -0.275. The first-order valence-corrected chi connectivity index (χ1v) is 13.4. The average molecular weight is 624 g/mol. The minimum absolute atomic E-state index is 0.323. The molecule has 1 heterocycles. The lowest BCUT2D eigenvalue weighted by atomic mass is 10.1. The van der Waals surface area contributed by atoms with Gasteiger partial charge in [0.15, 0.2) is 0 Å². The molecule has 0 aliphatic rings. The molecule has 6 nitrogen and oxygen atoms in total. The molecule has 5 aromatic carbocycles. The summed E-state index contributed by atoms with van der Waals surface area (Å²) in [5, 5.41) is 4.94. The standard InChI is InChI=1S/C33H23F6N3O3/c1-43-25-12-5-22(6-13-25)42(23-7-14-27(15-8-23)45-33(37,38)39)24-9-17-31-29(19-24)28-18-21(4-16-30(28)41-31)40-20-2-10-26(11-3-20)44-32(34,35)36/h2-19,40-41H,1H3. The zero-order chi connectivity index (χ0) is 31.8. The second kappa shape index (κ2) is 11.5. The number of rotatable bonds is 8. The van der Waals surface area contributed by atoms with Crippen molar-refractivity contribution in [2.75, 3.05) is 17.3 Å². The minimum atomic E-state index is -4.81.